The number of piperidine rings is 1. The first-order valence-corrected chi connectivity index (χ1v) is 10.6. The summed E-state index contributed by atoms with van der Waals surface area (Å²) in [6.45, 7) is 8.09. The van der Waals surface area contributed by atoms with Crippen LogP contribution in [0.3, 0.4) is 0 Å². The zero-order chi connectivity index (χ0) is 19.5. The summed E-state index contributed by atoms with van der Waals surface area (Å²) in [6.07, 6.45) is 7.24. The first-order chi connectivity index (χ1) is 13.6. The highest BCUT2D eigenvalue weighted by molar-refractivity contribution is 7.15. The Morgan fingerprint density at radius 2 is 2.07 bits per heavy atom. The minimum Gasteiger partial charge on any atom is -0.316 e. The van der Waals surface area contributed by atoms with Crippen molar-refractivity contribution in [2.75, 3.05) is 11.9 Å². The molecule has 0 amide bonds. The van der Waals surface area contributed by atoms with Crippen LogP contribution in [0.1, 0.15) is 53.0 Å². The molecule has 1 aliphatic heterocycles. The monoisotopic (exact) mass is 394 g/mol. The molecule has 0 spiro atoms. The van der Waals surface area contributed by atoms with Gasteiger partial charge in [-0.3, -0.25) is 9.88 Å². The normalized spacial score (nSPS) is 17.6. The number of likely N-dealkylation sites (tertiary alicyclic amines) is 1. The third-order valence-corrected chi connectivity index (χ3v) is 5.94. The van der Waals surface area contributed by atoms with Gasteiger partial charge in [-0.05, 0) is 51.8 Å². The quantitative estimate of drug-likeness (QED) is 0.675. The maximum Gasteiger partial charge on any atom is 0.188 e. The fourth-order valence-electron chi connectivity index (χ4n) is 3.68. The van der Waals surface area contributed by atoms with Crippen molar-refractivity contribution < 1.29 is 0 Å². The number of nitrogens with one attached hydrogen (secondary N) is 1. The summed E-state index contributed by atoms with van der Waals surface area (Å²) in [5.41, 5.74) is 3.34. The minimum atomic E-state index is 0.216. The maximum absolute atomic E-state index is 4.86. The second-order valence-corrected chi connectivity index (χ2v) is 8.64. The number of pyridine rings is 1. The van der Waals surface area contributed by atoms with E-state index in [1.165, 1.54) is 23.3 Å². The van der Waals surface area contributed by atoms with E-state index in [1.807, 2.05) is 31.5 Å². The van der Waals surface area contributed by atoms with Crippen molar-refractivity contribution in [3.63, 3.8) is 0 Å². The molecular weight excluding hydrogens is 368 g/mol. The predicted molar refractivity (Wildman–Crippen MR) is 113 cm³/mol. The van der Waals surface area contributed by atoms with Gasteiger partial charge in [0.05, 0.1) is 11.7 Å². The summed E-state index contributed by atoms with van der Waals surface area (Å²) in [4.78, 5) is 22.3. The van der Waals surface area contributed by atoms with Gasteiger partial charge >= 0.3 is 0 Å². The summed E-state index contributed by atoms with van der Waals surface area (Å²) < 4.78 is 0. The number of rotatable bonds is 5. The maximum atomic E-state index is 4.86. The fourth-order valence-corrected chi connectivity index (χ4v) is 4.35. The highest BCUT2D eigenvalue weighted by Crippen LogP contribution is 2.31. The van der Waals surface area contributed by atoms with Crippen LogP contribution in [-0.2, 0) is 6.54 Å². The van der Waals surface area contributed by atoms with E-state index in [-0.39, 0.29) is 6.04 Å². The summed E-state index contributed by atoms with van der Waals surface area (Å²) in [5, 5.41) is 4.21. The van der Waals surface area contributed by atoms with Gasteiger partial charge in [0, 0.05) is 35.6 Å². The molecule has 0 bridgehead atoms. The SMILES string of the molecule is Cc1cc(Nc2ncc(C)s2)nc(C2CCCCN2Cc2ncccc2C)n1. The molecule has 7 heteroatoms. The summed E-state index contributed by atoms with van der Waals surface area (Å²) in [6, 6.07) is 6.32. The third-order valence-electron chi connectivity index (χ3n) is 5.11. The Kier molecular flexibility index (Phi) is 5.64. The van der Waals surface area contributed by atoms with E-state index >= 15 is 0 Å². The van der Waals surface area contributed by atoms with Crippen molar-refractivity contribution in [1.82, 2.24) is 24.8 Å². The molecule has 1 fully saturated rings. The zero-order valence-corrected chi connectivity index (χ0v) is 17.5. The molecule has 0 aromatic carbocycles. The van der Waals surface area contributed by atoms with Gasteiger partial charge in [0.25, 0.3) is 0 Å². The zero-order valence-electron chi connectivity index (χ0n) is 16.6. The largest absolute Gasteiger partial charge is 0.316 e. The average molecular weight is 395 g/mol. The van der Waals surface area contributed by atoms with E-state index in [0.717, 1.165) is 47.7 Å². The smallest absolute Gasteiger partial charge is 0.188 e. The molecule has 1 unspecified atom stereocenters. The van der Waals surface area contributed by atoms with Crippen LogP contribution in [0.5, 0.6) is 0 Å². The van der Waals surface area contributed by atoms with Crippen molar-refractivity contribution >= 4 is 22.3 Å². The molecule has 3 aromatic rings. The lowest BCUT2D eigenvalue weighted by Crippen LogP contribution is -2.34. The molecule has 28 heavy (non-hydrogen) atoms. The van der Waals surface area contributed by atoms with E-state index in [0.29, 0.717) is 0 Å². The van der Waals surface area contributed by atoms with Crippen molar-refractivity contribution in [2.45, 2.75) is 52.6 Å². The van der Waals surface area contributed by atoms with E-state index < -0.39 is 0 Å². The fraction of sp³-hybridized carbons (Fsp3) is 0.429. The number of nitrogens with zero attached hydrogens (tertiary/aromatic N) is 5. The minimum absolute atomic E-state index is 0.216. The molecule has 4 heterocycles. The van der Waals surface area contributed by atoms with Gasteiger partial charge in [-0.2, -0.15) is 0 Å². The van der Waals surface area contributed by atoms with Crippen LogP contribution in [0.25, 0.3) is 0 Å². The van der Waals surface area contributed by atoms with Crippen LogP contribution in [0.4, 0.5) is 10.9 Å². The molecule has 6 nitrogen and oxygen atoms in total. The number of aryl methyl sites for hydroxylation is 3. The first kappa shape index (κ1) is 19.0. The van der Waals surface area contributed by atoms with Gasteiger partial charge in [0.1, 0.15) is 11.6 Å². The Bertz CT molecular complexity index is 954. The number of hydrogen-bond donors (Lipinski definition) is 1. The molecule has 1 atom stereocenters. The molecule has 0 saturated carbocycles. The van der Waals surface area contributed by atoms with Crippen LogP contribution in [-0.4, -0.2) is 31.4 Å². The van der Waals surface area contributed by atoms with Gasteiger partial charge in [0.2, 0.25) is 0 Å². The summed E-state index contributed by atoms with van der Waals surface area (Å²) in [5.74, 6) is 1.71. The van der Waals surface area contributed by atoms with Gasteiger partial charge < -0.3 is 5.32 Å². The van der Waals surface area contributed by atoms with Gasteiger partial charge in [0.15, 0.2) is 5.13 Å². The van der Waals surface area contributed by atoms with Crippen molar-refractivity contribution in [2.24, 2.45) is 0 Å². The molecule has 146 valence electrons. The van der Waals surface area contributed by atoms with E-state index in [4.69, 9.17) is 9.97 Å². The highest BCUT2D eigenvalue weighted by atomic mass is 32.1. The summed E-state index contributed by atoms with van der Waals surface area (Å²) in [7, 11) is 0. The number of aromatic nitrogens is 4. The number of anilines is 2. The Hall–Kier alpha value is -2.38. The van der Waals surface area contributed by atoms with Crippen LogP contribution in [0.2, 0.25) is 0 Å². The molecular formula is C21H26N6S. The second kappa shape index (κ2) is 8.32. The van der Waals surface area contributed by atoms with Crippen molar-refractivity contribution in [3.05, 3.63) is 58.2 Å². The average Bonchev–Trinajstić information content (AvgIpc) is 3.08. The molecule has 0 aliphatic carbocycles. The Morgan fingerprint density at radius 1 is 1.18 bits per heavy atom. The summed E-state index contributed by atoms with van der Waals surface area (Å²) >= 11 is 1.63. The standard InChI is InChI=1S/C21H26N6S/c1-14-7-6-9-22-17(14)13-27-10-5-4-8-18(27)20-24-15(2)11-19(25-20)26-21-23-12-16(3)28-21/h6-7,9,11-12,18H,4-5,8,10,13H2,1-3H3,(H,23,24,25,26). The topological polar surface area (TPSA) is 66.8 Å². The third kappa shape index (κ3) is 4.36. The van der Waals surface area contributed by atoms with Crippen molar-refractivity contribution in [1.29, 1.82) is 0 Å². The Balaban J connectivity index is 1.59. The van der Waals surface area contributed by atoms with Gasteiger partial charge in [-0.1, -0.05) is 12.5 Å². The molecule has 0 radical (unpaired) electrons. The molecule has 1 aliphatic rings. The highest BCUT2D eigenvalue weighted by Gasteiger charge is 2.27. The van der Waals surface area contributed by atoms with E-state index in [1.54, 1.807) is 11.3 Å². The van der Waals surface area contributed by atoms with Crippen LogP contribution in [0, 0.1) is 20.8 Å². The Morgan fingerprint density at radius 3 is 2.86 bits per heavy atom. The van der Waals surface area contributed by atoms with Crippen molar-refractivity contribution in [3.8, 4) is 0 Å². The molecule has 3 aromatic heterocycles. The van der Waals surface area contributed by atoms with Gasteiger partial charge in [-0.15, -0.1) is 11.3 Å². The molecule has 1 saturated heterocycles. The van der Waals surface area contributed by atoms with E-state index in [9.17, 15) is 0 Å². The number of hydrogen-bond acceptors (Lipinski definition) is 7. The molecule has 4 rings (SSSR count). The number of thiazole rings is 1. The van der Waals surface area contributed by atoms with Crippen LogP contribution in [0.15, 0.2) is 30.6 Å². The molecule has 1 N–H and O–H groups in total. The van der Waals surface area contributed by atoms with Gasteiger partial charge in [-0.25, -0.2) is 15.0 Å². The Labute approximate surface area is 170 Å². The lowest BCUT2D eigenvalue weighted by molar-refractivity contribution is 0.132. The van der Waals surface area contributed by atoms with Crippen LogP contribution >= 0.6 is 11.3 Å². The first-order valence-electron chi connectivity index (χ1n) is 9.78. The van der Waals surface area contributed by atoms with Crippen LogP contribution < -0.4 is 5.32 Å². The second-order valence-electron chi connectivity index (χ2n) is 7.40. The lowest BCUT2D eigenvalue weighted by atomic mass is 10.0. The lowest BCUT2D eigenvalue weighted by Gasteiger charge is -2.34. The predicted octanol–water partition coefficient (Wildman–Crippen LogP) is 4.72. The van der Waals surface area contributed by atoms with E-state index in [2.05, 4.69) is 40.1 Å².